The van der Waals surface area contributed by atoms with Crippen molar-refractivity contribution in [2.24, 2.45) is 4.99 Å². The van der Waals surface area contributed by atoms with Crippen LogP contribution in [0.2, 0.25) is 0 Å². The molecule has 140 valence electrons. The Morgan fingerprint density at radius 2 is 2.12 bits per heavy atom. The molecule has 0 saturated carbocycles. The molecule has 1 aromatic heterocycles. The van der Waals surface area contributed by atoms with Crippen LogP contribution in [0.5, 0.6) is 0 Å². The molecule has 6 nitrogen and oxygen atoms in total. The molecule has 1 aromatic rings. The number of hydrogen-bond acceptors (Lipinski definition) is 3. The smallest absolute Gasteiger partial charge is 0.191 e. The molecule has 6 heteroatoms. The molecular formula is C19H34N6. The van der Waals surface area contributed by atoms with Crippen LogP contribution < -0.4 is 10.6 Å². The molecule has 1 heterocycles. The van der Waals surface area contributed by atoms with Crippen LogP contribution >= 0.6 is 0 Å². The zero-order valence-corrected chi connectivity index (χ0v) is 15.9. The van der Waals surface area contributed by atoms with Gasteiger partial charge in [0.25, 0.3) is 0 Å². The van der Waals surface area contributed by atoms with Crippen LogP contribution in [-0.4, -0.2) is 40.4 Å². The van der Waals surface area contributed by atoms with Gasteiger partial charge in [0.1, 0.15) is 12.2 Å². The third kappa shape index (κ3) is 7.28. The molecule has 0 aliphatic heterocycles. The molecule has 2 rings (SSSR count). The van der Waals surface area contributed by atoms with Gasteiger partial charge in [-0.1, -0.05) is 31.9 Å². The van der Waals surface area contributed by atoms with Crippen LogP contribution in [0.25, 0.3) is 0 Å². The zero-order valence-electron chi connectivity index (χ0n) is 15.9. The van der Waals surface area contributed by atoms with Gasteiger partial charge in [0.15, 0.2) is 5.96 Å². The second-order valence-corrected chi connectivity index (χ2v) is 6.59. The lowest BCUT2D eigenvalue weighted by molar-refractivity contribution is 0.627. The molecule has 0 spiro atoms. The number of aromatic nitrogens is 3. The second kappa shape index (κ2) is 11.7. The zero-order chi connectivity index (χ0) is 17.7. The van der Waals surface area contributed by atoms with Crippen molar-refractivity contribution in [3.63, 3.8) is 0 Å². The first-order valence-corrected chi connectivity index (χ1v) is 9.90. The van der Waals surface area contributed by atoms with E-state index in [-0.39, 0.29) is 0 Å². The van der Waals surface area contributed by atoms with E-state index < -0.39 is 0 Å². The maximum absolute atomic E-state index is 4.69. The van der Waals surface area contributed by atoms with Gasteiger partial charge in [-0.05, 0) is 38.5 Å². The van der Waals surface area contributed by atoms with E-state index in [4.69, 9.17) is 4.99 Å². The summed E-state index contributed by atoms with van der Waals surface area (Å²) in [5.74, 6) is 1.96. The van der Waals surface area contributed by atoms with Crippen molar-refractivity contribution in [3.05, 3.63) is 23.8 Å². The van der Waals surface area contributed by atoms with Crippen molar-refractivity contribution < 1.29 is 0 Å². The van der Waals surface area contributed by atoms with Gasteiger partial charge >= 0.3 is 0 Å². The third-order valence-electron chi connectivity index (χ3n) is 4.56. The molecule has 0 fully saturated rings. The Kier molecular flexibility index (Phi) is 9.08. The highest BCUT2D eigenvalue weighted by Crippen LogP contribution is 2.19. The van der Waals surface area contributed by atoms with Crippen LogP contribution in [-0.2, 0) is 13.0 Å². The van der Waals surface area contributed by atoms with Crippen LogP contribution in [0, 0.1) is 0 Å². The number of guanidine groups is 1. The number of aryl methyl sites for hydroxylation is 1. The molecule has 2 N–H and O–H groups in total. The SMILES string of the molecule is CCCCN=C(NCCC1=CCCCC1)NCCn1cnnc1CC. The van der Waals surface area contributed by atoms with Crippen molar-refractivity contribution in [1.82, 2.24) is 25.4 Å². The summed E-state index contributed by atoms with van der Waals surface area (Å²) in [5, 5.41) is 15.1. The van der Waals surface area contributed by atoms with Crippen LogP contribution in [0.4, 0.5) is 0 Å². The van der Waals surface area contributed by atoms with Crippen molar-refractivity contribution in [2.75, 3.05) is 19.6 Å². The molecule has 1 aliphatic carbocycles. The number of unbranched alkanes of at least 4 members (excludes halogenated alkanes) is 1. The molecule has 0 saturated heterocycles. The monoisotopic (exact) mass is 346 g/mol. The highest BCUT2D eigenvalue weighted by molar-refractivity contribution is 5.79. The van der Waals surface area contributed by atoms with E-state index in [1.807, 2.05) is 0 Å². The minimum Gasteiger partial charge on any atom is -0.356 e. The highest BCUT2D eigenvalue weighted by Gasteiger charge is 2.05. The summed E-state index contributed by atoms with van der Waals surface area (Å²) in [4.78, 5) is 4.69. The van der Waals surface area contributed by atoms with Gasteiger partial charge in [-0.2, -0.15) is 0 Å². The maximum Gasteiger partial charge on any atom is 0.191 e. The van der Waals surface area contributed by atoms with E-state index in [2.05, 4.69) is 45.3 Å². The predicted molar refractivity (Wildman–Crippen MR) is 104 cm³/mol. The van der Waals surface area contributed by atoms with Crippen LogP contribution in [0.15, 0.2) is 23.0 Å². The van der Waals surface area contributed by atoms with Crippen molar-refractivity contribution >= 4 is 5.96 Å². The quantitative estimate of drug-likeness (QED) is 0.296. The molecule has 0 amide bonds. The minimum absolute atomic E-state index is 0.825. The average molecular weight is 347 g/mol. The molecule has 1 aliphatic rings. The van der Waals surface area contributed by atoms with Gasteiger partial charge in [-0.25, -0.2) is 0 Å². The summed E-state index contributed by atoms with van der Waals surface area (Å²) in [7, 11) is 0. The summed E-state index contributed by atoms with van der Waals surface area (Å²) in [6.45, 7) is 7.82. The molecule has 0 atom stereocenters. The fourth-order valence-corrected chi connectivity index (χ4v) is 3.03. The summed E-state index contributed by atoms with van der Waals surface area (Å²) in [5.41, 5.74) is 1.60. The first kappa shape index (κ1) is 19.5. The van der Waals surface area contributed by atoms with Gasteiger partial charge in [-0.15, -0.1) is 10.2 Å². The first-order valence-electron chi connectivity index (χ1n) is 9.90. The van der Waals surface area contributed by atoms with Gasteiger partial charge < -0.3 is 15.2 Å². The maximum atomic E-state index is 4.69. The Balaban J connectivity index is 1.76. The lowest BCUT2D eigenvalue weighted by Gasteiger charge is -2.16. The second-order valence-electron chi connectivity index (χ2n) is 6.59. The van der Waals surface area contributed by atoms with Crippen molar-refractivity contribution in [3.8, 4) is 0 Å². The van der Waals surface area contributed by atoms with Gasteiger partial charge in [-0.3, -0.25) is 4.99 Å². The summed E-state index contributed by atoms with van der Waals surface area (Å²) in [6, 6.07) is 0. The Morgan fingerprint density at radius 3 is 2.88 bits per heavy atom. The predicted octanol–water partition coefficient (Wildman–Crippen LogP) is 3.07. The Morgan fingerprint density at radius 1 is 1.24 bits per heavy atom. The molecule has 0 aromatic carbocycles. The Hall–Kier alpha value is -1.85. The number of aliphatic imine (C=N–C) groups is 1. The van der Waals surface area contributed by atoms with Crippen molar-refractivity contribution in [1.29, 1.82) is 0 Å². The number of nitrogens with zero attached hydrogens (tertiary/aromatic N) is 4. The van der Waals surface area contributed by atoms with Crippen molar-refractivity contribution in [2.45, 2.75) is 71.8 Å². The lowest BCUT2D eigenvalue weighted by atomic mass is 9.97. The molecule has 0 unspecified atom stereocenters. The van der Waals surface area contributed by atoms with Crippen LogP contribution in [0.1, 0.15) is 64.6 Å². The van der Waals surface area contributed by atoms with E-state index in [0.717, 1.165) is 57.2 Å². The molecular weight excluding hydrogens is 312 g/mol. The third-order valence-corrected chi connectivity index (χ3v) is 4.56. The first-order chi connectivity index (χ1) is 12.3. The topological polar surface area (TPSA) is 67.1 Å². The van der Waals surface area contributed by atoms with E-state index in [9.17, 15) is 0 Å². The summed E-state index contributed by atoms with van der Waals surface area (Å²) in [6.07, 6.45) is 13.8. The Labute approximate surface area is 152 Å². The van der Waals surface area contributed by atoms with E-state index in [1.165, 1.54) is 32.1 Å². The Bertz CT molecular complexity index is 546. The number of rotatable bonds is 10. The largest absolute Gasteiger partial charge is 0.356 e. The van der Waals surface area contributed by atoms with Gasteiger partial charge in [0, 0.05) is 32.6 Å². The molecule has 0 bridgehead atoms. The minimum atomic E-state index is 0.825. The van der Waals surface area contributed by atoms with Gasteiger partial charge in [0.2, 0.25) is 0 Å². The fourth-order valence-electron chi connectivity index (χ4n) is 3.03. The van der Waals surface area contributed by atoms with E-state index in [0.29, 0.717) is 0 Å². The average Bonchev–Trinajstić information content (AvgIpc) is 3.10. The molecule has 0 radical (unpaired) electrons. The highest BCUT2D eigenvalue weighted by atomic mass is 15.3. The lowest BCUT2D eigenvalue weighted by Crippen LogP contribution is -2.39. The van der Waals surface area contributed by atoms with E-state index in [1.54, 1.807) is 11.9 Å². The summed E-state index contributed by atoms with van der Waals surface area (Å²) < 4.78 is 2.10. The van der Waals surface area contributed by atoms with E-state index >= 15 is 0 Å². The number of allylic oxidation sites excluding steroid dienone is 1. The number of nitrogens with one attached hydrogen (secondary N) is 2. The number of hydrogen-bond donors (Lipinski definition) is 2. The van der Waals surface area contributed by atoms with Crippen LogP contribution in [0.3, 0.4) is 0 Å². The van der Waals surface area contributed by atoms with Gasteiger partial charge in [0.05, 0.1) is 0 Å². The standard InChI is InChI=1S/C19H34N6/c1-3-5-12-20-19(21-13-11-17-9-7-6-8-10-17)22-14-15-25-16-23-24-18(25)4-2/h9,16H,3-8,10-15H2,1-2H3,(H2,20,21,22). The summed E-state index contributed by atoms with van der Waals surface area (Å²) >= 11 is 0. The normalized spacial score (nSPS) is 15.1. The fraction of sp³-hybridized carbons (Fsp3) is 0.737. The molecule has 25 heavy (non-hydrogen) atoms.